The van der Waals surface area contributed by atoms with E-state index in [9.17, 15) is 9.59 Å². The van der Waals surface area contributed by atoms with Gasteiger partial charge >= 0.3 is 0 Å². The van der Waals surface area contributed by atoms with Crippen LogP contribution in [0.15, 0.2) is 24.3 Å². The number of amides is 2. The van der Waals surface area contributed by atoms with Crippen LogP contribution in [0.4, 0.5) is 5.69 Å². The maximum Gasteiger partial charge on any atom is 0.249 e. The fourth-order valence-corrected chi connectivity index (χ4v) is 3.61. The van der Waals surface area contributed by atoms with Crippen LogP contribution in [-0.4, -0.2) is 43.0 Å². The van der Waals surface area contributed by atoms with Crippen molar-refractivity contribution in [1.29, 1.82) is 0 Å². The van der Waals surface area contributed by atoms with Crippen LogP contribution in [0.1, 0.15) is 32.6 Å². The van der Waals surface area contributed by atoms with E-state index in [4.69, 9.17) is 4.74 Å². The highest BCUT2D eigenvalue weighted by Crippen LogP contribution is 2.29. The van der Waals surface area contributed by atoms with Crippen LogP contribution in [0.25, 0.3) is 0 Å². The van der Waals surface area contributed by atoms with E-state index in [0.717, 1.165) is 37.1 Å². The summed E-state index contributed by atoms with van der Waals surface area (Å²) >= 11 is 0. The fourth-order valence-electron chi connectivity index (χ4n) is 3.61. The summed E-state index contributed by atoms with van der Waals surface area (Å²) in [5, 5.41) is 0. The number of piperazine rings is 1. The highest BCUT2D eigenvalue weighted by molar-refractivity contribution is 6.00. The molecule has 0 radical (unpaired) electrons. The number of anilines is 1. The van der Waals surface area contributed by atoms with E-state index in [0.29, 0.717) is 13.1 Å². The van der Waals surface area contributed by atoms with Gasteiger partial charge in [-0.25, -0.2) is 0 Å². The quantitative estimate of drug-likeness (QED) is 0.860. The van der Waals surface area contributed by atoms with Crippen molar-refractivity contribution in [3.05, 3.63) is 24.3 Å². The zero-order chi connectivity index (χ0) is 16.4. The third kappa shape index (κ3) is 3.05. The molecule has 5 heteroatoms. The predicted octanol–water partition coefficient (Wildman–Crippen LogP) is 2.45. The first-order valence-electron chi connectivity index (χ1n) is 8.37. The van der Waals surface area contributed by atoms with E-state index in [2.05, 4.69) is 0 Å². The predicted molar refractivity (Wildman–Crippen MR) is 88.5 cm³/mol. The van der Waals surface area contributed by atoms with Crippen molar-refractivity contribution in [2.75, 3.05) is 25.1 Å². The molecule has 2 aliphatic rings. The van der Waals surface area contributed by atoms with Gasteiger partial charge in [-0.3, -0.25) is 9.59 Å². The van der Waals surface area contributed by atoms with Gasteiger partial charge in [0, 0.05) is 30.8 Å². The van der Waals surface area contributed by atoms with Gasteiger partial charge in [-0.15, -0.1) is 0 Å². The van der Waals surface area contributed by atoms with Gasteiger partial charge in [-0.2, -0.15) is 0 Å². The summed E-state index contributed by atoms with van der Waals surface area (Å²) in [4.78, 5) is 28.9. The van der Waals surface area contributed by atoms with Crippen molar-refractivity contribution < 1.29 is 14.3 Å². The molecule has 0 aromatic heterocycles. The molecule has 3 rings (SSSR count). The highest BCUT2D eigenvalue weighted by atomic mass is 16.5. The molecule has 124 valence electrons. The third-order valence-corrected chi connectivity index (χ3v) is 5.01. The maximum atomic E-state index is 12.7. The number of carbonyl (C=O) groups excluding carboxylic acids is 2. The smallest absolute Gasteiger partial charge is 0.249 e. The van der Waals surface area contributed by atoms with Crippen LogP contribution in [0.3, 0.4) is 0 Å². The first-order chi connectivity index (χ1) is 11.1. The van der Waals surface area contributed by atoms with Crippen LogP contribution in [0.2, 0.25) is 0 Å². The van der Waals surface area contributed by atoms with Crippen molar-refractivity contribution in [2.24, 2.45) is 5.92 Å². The summed E-state index contributed by atoms with van der Waals surface area (Å²) in [7, 11) is 1.61. The van der Waals surface area contributed by atoms with Crippen LogP contribution in [0, 0.1) is 5.92 Å². The second kappa shape index (κ2) is 6.60. The monoisotopic (exact) mass is 316 g/mol. The Balaban J connectivity index is 1.74. The average Bonchev–Trinajstić information content (AvgIpc) is 3.11. The Kier molecular flexibility index (Phi) is 4.55. The van der Waals surface area contributed by atoms with Crippen molar-refractivity contribution in [3.63, 3.8) is 0 Å². The molecule has 1 heterocycles. The van der Waals surface area contributed by atoms with Gasteiger partial charge in [-0.1, -0.05) is 18.9 Å². The number of methoxy groups -OCH3 is 1. The van der Waals surface area contributed by atoms with Gasteiger partial charge in [0.15, 0.2) is 0 Å². The number of nitrogens with zero attached hydrogens (tertiary/aromatic N) is 2. The normalized spacial score (nSPS) is 22.5. The Hall–Kier alpha value is -2.04. The minimum absolute atomic E-state index is 0.0177. The van der Waals surface area contributed by atoms with Crippen LogP contribution < -0.4 is 9.64 Å². The minimum Gasteiger partial charge on any atom is -0.497 e. The van der Waals surface area contributed by atoms with E-state index in [1.165, 1.54) is 0 Å². The maximum absolute atomic E-state index is 12.7. The van der Waals surface area contributed by atoms with Gasteiger partial charge in [0.1, 0.15) is 11.8 Å². The summed E-state index contributed by atoms with van der Waals surface area (Å²) in [6, 6.07) is 7.10. The summed E-state index contributed by atoms with van der Waals surface area (Å²) in [5.74, 6) is 0.991. The van der Waals surface area contributed by atoms with E-state index in [1.54, 1.807) is 16.9 Å². The Morgan fingerprint density at radius 3 is 2.65 bits per heavy atom. The first kappa shape index (κ1) is 15.8. The number of hydrogen-bond donors (Lipinski definition) is 0. The fraction of sp³-hybridized carbons (Fsp3) is 0.556. The summed E-state index contributed by atoms with van der Waals surface area (Å²) in [5.41, 5.74) is 0.828. The molecule has 23 heavy (non-hydrogen) atoms. The molecule has 5 nitrogen and oxygen atoms in total. The molecule has 2 fully saturated rings. The van der Waals surface area contributed by atoms with Crippen LogP contribution in [-0.2, 0) is 9.59 Å². The molecule has 1 aliphatic carbocycles. The van der Waals surface area contributed by atoms with Crippen LogP contribution >= 0.6 is 0 Å². The average molecular weight is 316 g/mol. The minimum atomic E-state index is -0.400. The number of benzene rings is 1. The lowest BCUT2D eigenvalue weighted by Gasteiger charge is -2.40. The van der Waals surface area contributed by atoms with Crippen molar-refractivity contribution in [2.45, 2.75) is 38.6 Å². The number of ether oxygens (including phenoxy) is 1. The molecular weight excluding hydrogens is 292 g/mol. The topological polar surface area (TPSA) is 49.9 Å². The standard InChI is InChI=1S/C18H24N2O3/c1-13-17(21)20(15-8-5-9-16(12-15)23-2)11-10-19(13)18(22)14-6-3-4-7-14/h5,8-9,12-14H,3-4,6-7,10-11H2,1-2H3. The zero-order valence-electron chi connectivity index (χ0n) is 13.8. The summed E-state index contributed by atoms with van der Waals surface area (Å²) in [6.45, 7) is 2.97. The lowest BCUT2D eigenvalue weighted by atomic mass is 10.0. The second-order valence-electron chi connectivity index (χ2n) is 6.38. The largest absolute Gasteiger partial charge is 0.497 e. The van der Waals surface area contributed by atoms with E-state index in [1.807, 2.05) is 31.2 Å². The molecule has 1 aromatic rings. The molecule has 1 aliphatic heterocycles. The SMILES string of the molecule is COc1cccc(N2CCN(C(=O)C3CCCC3)C(C)C2=O)c1. The lowest BCUT2D eigenvalue weighted by molar-refractivity contribution is -0.143. The van der Waals surface area contributed by atoms with Gasteiger partial charge in [0.05, 0.1) is 7.11 Å². The lowest BCUT2D eigenvalue weighted by Crippen LogP contribution is -2.58. The Bertz CT molecular complexity index is 596. The van der Waals surface area contributed by atoms with Crippen molar-refractivity contribution in [1.82, 2.24) is 4.90 Å². The Labute approximate surface area is 137 Å². The second-order valence-corrected chi connectivity index (χ2v) is 6.38. The third-order valence-electron chi connectivity index (χ3n) is 5.01. The number of rotatable bonds is 3. The van der Waals surface area contributed by atoms with E-state index in [-0.39, 0.29) is 17.7 Å². The van der Waals surface area contributed by atoms with Gasteiger partial charge in [0.25, 0.3) is 0 Å². The van der Waals surface area contributed by atoms with E-state index >= 15 is 0 Å². The molecule has 2 amide bonds. The van der Waals surface area contributed by atoms with Crippen molar-refractivity contribution >= 4 is 17.5 Å². The van der Waals surface area contributed by atoms with Gasteiger partial charge < -0.3 is 14.5 Å². The first-order valence-corrected chi connectivity index (χ1v) is 8.37. The molecule has 1 atom stereocenters. The Morgan fingerprint density at radius 1 is 1.22 bits per heavy atom. The molecule has 0 N–H and O–H groups in total. The van der Waals surface area contributed by atoms with Crippen molar-refractivity contribution in [3.8, 4) is 5.75 Å². The molecule has 1 saturated heterocycles. The molecule has 1 unspecified atom stereocenters. The summed E-state index contributed by atoms with van der Waals surface area (Å²) < 4.78 is 5.23. The Morgan fingerprint density at radius 2 is 1.96 bits per heavy atom. The van der Waals surface area contributed by atoms with Gasteiger partial charge in [-0.05, 0) is 31.9 Å². The molecule has 0 spiro atoms. The molecule has 0 bridgehead atoms. The number of carbonyl (C=O) groups is 2. The molecule has 1 saturated carbocycles. The van der Waals surface area contributed by atoms with Gasteiger partial charge in [0.2, 0.25) is 11.8 Å². The van der Waals surface area contributed by atoms with E-state index < -0.39 is 6.04 Å². The van der Waals surface area contributed by atoms with Crippen LogP contribution in [0.5, 0.6) is 5.75 Å². The molecular formula is C18H24N2O3. The zero-order valence-corrected chi connectivity index (χ0v) is 13.8. The molecule has 1 aromatic carbocycles. The highest BCUT2D eigenvalue weighted by Gasteiger charge is 2.38. The summed E-state index contributed by atoms with van der Waals surface area (Å²) in [6.07, 6.45) is 4.19. The number of hydrogen-bond acceptors (Lipinski definition) is 3.